The van der Waals surface area contributed by atoms with Gasteiger partial charge in [-0.05, 0) is 46.1 Å². The van der Waals surface area contributed by atoms with E-state index in [1.165, 1.54) is 0 Å². The molecule has 25 heavy (non-hydrogen) atoms. The summed E-state index contributed by atoms with van der Waals surface area (Å²) in [4.78, 5) is 32.6. The third kappa shape index (κ3) is 4.71. The van der Waals surface area contributed by atoms with Crippen molar-refractivity contribution in [2.45, 2.75) is 65.5 Å². The molecule has 2 heterocycles. The molecule has 0 aliphatic carbocycles. The van der Waals surface area contributed by atoms with Crippen LogP contribution in [0.2, 0.25) is 0 Å². The highest BCUT2D eigenvalue weighted by Crippen LogP contribution is 2.36. The average Bonchev–Trinajstić information content (AvgIpc) is 3.00. The van der Waals surface area contributed by atoms with Crippen molar-refractivity contribution in [2.24, 2.45) is 0 Å². The average molecular weight is 347 g/mol. The number of likely N-dealkylation sites (tertiary alicyclic amines) is 1. The van der Waals surface area contributed by atoms with E-state index in [-0.39, 0.29) is 11.9 Å². The molecule has 1 aliphatic rings. The zero-order valence-electron chi connectivity index (χ0n) is 15.9. The smallest absolute Gasteiger partial charge is 0.416 e. The minimum atomic E-state index is -0.573. The number of carbonyl (C=O) groups excluding carboxylic acids is 2. The molecule has 6 nitrogen and oxygen atoms in total. The Hall–Kier alpha value is -2.11. The van der Waals surface area contributed by atoms with E-state index in [1.807, 2.05) is 44.7 Å². The molecule has 1 fully saturated rings. The predicted octanol–water partition coefficient (Wildman–Crippen LogP) is 3.92. The summed E-state index contributed by atoms with van der Waals surface area (Å²) in [5, 5.41) is 0. The number of ether oxygens (including phenoxy) is 1. The molecule has 1 saturated heterocycles. The molecule has 6 heteroatoms. The number of carbonyl (C=O) groups is 2. The monoisotopic (exact) mass is 347 g/mol. The van der Waals surface area contributed by atoms with Gasteiger partial charge in [0.05, 0.1) is 6.04 Å². The van der Waals surface area contributed by atoms with Gasteiger partial charge < -0.3 is 9.64 Å². The first kappa shape index (κ1) is 19.2. The van der Waals surface area contributed by atoms with Crippen LogP contribution in [0.5, 0.6) is 0 Å². The van der Waals surface area contributed by atoms with Gasteiger partial charge in [-0.25, -0.2) is 9.78 Å². The zero-order valence-corrected chi connectivity index (χ0v) is 15.9. The van der Waals surface area contributed by atoms with Gasteiger partial charge in [-0.15, -0.1) is 0 Å². The van der Waals surface area contributed by atoms with Crippen molar-refractivity contribution in [1.82, 2.24) is 9.88 Å². The first-order valence-electron chi connectivity index (χ1n) is 8.97. The lowest BCUT2D eigenvalue weighted by Gasteiger charge is -2.30. The summed E-state index contributed by atoms with van der Waals surface area (Å²) in [6, 6.07) is 3.78. The molecule has 0 N–H and O–H groups in total. The fraction of sp³-hybridized carbons (Fsp3) is 0.632. The van der Waals surface area contributed by atoms with E-state index in [0.29, 0.717) is 12.4 Å². The SMILES string of the molecule is CCCN(C(=O)OC(C)(C)C)c1ncccc1[C@@H]1CCCN1C(C)=O. The minimum absolute atomic E-state index is 0.0389. The number of anilines is 1. The van der Waals surface area contributed by atoms with Crippen LogP contribution in [0.4, 0.5) is 10.6 Å². The van der Waals surface area contributed by atoms with Crippen LogP contribution in [0.3, 0.4) is 0 Å². The fourth-order valence-corrected chi connectivity index (χ4v) is 3.19. The van der Waals surface area contributed by atoms with Crippen LogP contribution in [0, 0.1) is 0 Å². The first-order valence-corrected chi connectivity index (χ1v) is 8.97. The molecule has 2 rings (SSSR count). The Morgan fingerprint density at radius 1 is 1.40 bits per heavy atom. The third-order valence-electron chi connectivity index (χ3n) is 4.15. The molecule has 0 saturated carbocycles. The normalized spacial score (nSPS) is 17.5. The Morgan fingerprint density at radius 3 is 2.72 bits per heavy atom. The van der Waals surface area contributed by atoms with Gasteiger partial charge in [0, 0.05) is 31.8 Å². The lowest BCUT2D eigenvalue weighted by molar-refractivity contribution is -0.129. The lowest BCUT2D eigenvalue weighted by Crippen LogP contribution is -2.39. The van der Waals surface area contributed by atoms with E-state index < -0.39 is 11.7 Å². The Bertz CT molecular complexity index is 625. The zero-order chi connectivity index (χ0) is 18.6. The molecular formula is C19H29N3O3. The van der Waals surface area contributed by atoms with Crippen molar-refractivity contribution in [2.75, 3.05) is 18.0 Å². The molecule has 0 radical (unpaired) electrons. The van der Waals surface area contributed by atoms with Crippen molar-refractivity contribution in [1.29, 1.82) is 0 Å². The molecule has 2 amide bonds. The van der Waals surface area contributed by atoms with Crippen LogP contribution in [-0.4, -0.2) is 40.6 Å². The standard InChI is InChI=1S/C19H29N3O3/c1-6-12-22(18(24)25-19(3,4)5)17-15(9-7-11-20-17)16-10-8-13-21(16)14(2)23/h7,9,11,16H,6,8,10,12-13H2,1-5H3/t16-/m0/s1. The van der Waals surface area contributed by atoms with Crippen LogP contribution < -0.4 is 4.90 Å². The molecule has 1 aromatic heterocycles. The second kappa shape index (κ2) is 7.85. The van der Waals surface area contributed by atoms with Crippen molar-refractivity contribution in [3.8, 4) is 0 Å². The quantitative estimate of drug-likeness (QED) is 0.828. The van der Waals surface area contributed by atoms with E-state index in [4.69, 9.17) is 4.74 Å². The molecule has 1 aliphatic heterocycles. The topological polar surface area (TPSA) is 62.7 Å². The molecular weight excluding hydrogens is 318 g/mol. The van der Waals surface area contributed by atoms with E-state index in [1.54, 1.807) is 18.0 Å². The predicted molar refractivity (Wildman–Crippen MR) is 97.5 cm³/mol. The van der Waals surface area contributed by atoms with Gasteiger partial charge in [0.25, 0.3) is 0 Å². The minimum Gasteiger partial charge on any atom is -0.443 e. The second-order valence-corrected chi connectivity index (χ2v) is 7.42. The van der Waals surface area contributed by atoms with Crippen LogP contribution in [0.25, 0.3) is 0 Å². The lowest BCUT2D eigenvalue weighted by atomic mass is 10.0. The number of hydrogen-bond donors (Lipinski definition) is 0. The van der Waals surface area contributed by atoms with Gasteiger partial charge in [-0.3, -0.25) is 9.69 Å². The van der Waals surface area contributed by atoms with Crippen molar-refractivity contribution < 1.29 is 14.3 Å². The van der Waals surface area contributed by atoms with Gasteiger partial charge in [-0.2, -0.15) is 0 Å². The first-order chi connectivity index (χ1) is 11.7. The summed E-state index contributed by atoms with van der Waals surface area (Å²) < 4.78 is 5.57. The second-order valence-electron chi connectivity index (χ2n) is 7.42. The number of hydrogen-bond acceptors (Lipinski definition) is 4. The maximum atomic E-state index is 12.7. The summed E-state index contributed by atoms with van der Waals surface area (Å²) in [5.41, 5.74) is 0.339. The van der Waals surface area contributed by atoms with Gasteiger partial charge >= 0.3 is 6.09 Å². The fourth-order valence-electron chi connectivity index (χ4n) is 3.19. The van der Waals surface area contributed by atoms with E-state index in [2.05, 4.69) is 4.98 Å². The van der Waals surface area contributed by atoms with Crippen molar-refractivity contribution in [3.63, 3.8) is 0 Å². The van der Waals surface area contributed by atoms with Crippen LogP contribution in [0.15, 0.2) is 18.3 Å². The number of nitrogens with zero attached hydrogens (tertiary/aromatic N) is 3. The Kier molecular flexibility index (Phi) is 6.03. The summed E-state index contributed by atoms with van der Waals surface area (Å²) in [5.74, 6) is 0.647. The van der Waals surface area contributed by atoms with Gasteiger partial charge in [0.15, 0.2) is 0 Å². The Morgan fingerprint density at radius 2 is 2.12 bits per heavy atom. The summed E-state index contributed by atoms with van der Waals surface area (Å²) in [6.45, 7) is 10.4. The molecule has 0 spiro atoms. The highest BCUT2D eigenvalue weighted by atomic mass is 16.6. The Balaban J connectivity index is 2.39. The van der Waals surface area contributed by atoms with Gasteiger partial charge in [-0.1, -0.05) is 13.0 Å². The molecule has 0 aromatic carbocycles. The highest BCUT2D eigenvalue weighted by molar-refractivity contribution is 5.88. The van der Waals surface area contributed by atoms with E-state index in [9.17, 15) is 9.59 Å². The van der Waals surface area contributed by atoms with Crippen LogP contribution in [-0.2, 0) is 9.53 Å². The van der Waals surface area contributed by atoms with Crippen molar-refractivity contribution >= 4 is 17.8 Å². The van der Waals surface area contributed by atoms with Crippen LogP contribution in [0.1, 0.15) is 65.5 Å². The molecule has 138 valence electrons. The number of aromatic nitrogens is 1. The summed E-state index contributed by atoms with van der Waals surface area (Å²) in [7, 11) is 0. The maximum absolute atomic E-state index is 12.7. The largest absolute Gasteiger partial charge is 0.443 e. The summed E-state index contributed by atoms with van der Waals surface area (Å²) >= 11 is 0. The van der Waals surface area contributed by atoms with Gasteiger partial charge in [0.2, 0.25) is 5.91 Å². The third-order valence-corrected chi connectivity index (χ3v) is 4.15. The van der Waals surface area contributed by atoms with Crippen molar-refractivity contribution in [3.05, 3.63) is 23.9 Å². The molecule has 1 aromatic rings. The molecule has 1 atom stereocenters. The van der Waals surface area contributed by atoms with E-state index >= 15 is 0 Å². The van der Waals surface area contributed by atoms with Crippen LogP contribution >= 0.6 is 0 Å². The summed E-state index contributed by atoms with van der Waals surface area (Å²) in [6.07, 6.45) is 3.90. The number of pyridine rings is 1. The van der Waals surface area contributed by atoms with E-state index in [0.717, 1.165) is 31.4 Å². The Labute approximate surface area is 150 Å². The molecule has 0 bridgehead atoms. The number of amides is 2. The maximum Gasteiger partial charge on any atom is 0.416 e. The molecule has 0 unspecified atom stereocenters. The van der Waals surface area contributed by atoms with Gasteiger partial charge in [0.1, 0.15) is 11.4 Å². The number of rotatable bonds is 4. The highest BCUT2D eigenvalue weighted by Gasteiger charge is 2.33.